The van der Waals surface area contributed by atoms with Crippen molar-refractivity contribution in [2.75, 3.05) is 5.32 Å². The van der Waals surface area contributed by atoms with Crippen molar-refractivity contribution in [2.45, 2.75) is 45.4 Å². The van der Waals surface area contributed by atoms with E-state index in [1.54, 1.807) is 0 Å². The number of carbonyl (C=O) groups is 1. The van der Waals surface area contributed by atoms with E-state index in [-0.39, 0.29) is 11.8 Å². The molecule has 1 aromatic rings. The van der Waals surface area contributed by atoms with Gasteiger partial charge in [0.25, 0.3) is 0 Å². The summed E-state index contributed by atoms with van der Waals surface area (Å²) < 4.78 is 0. The van der Waals surface area contributed by atoms with Gasteiger partial charge in [0, 0.05) is 11.3 Å². The normalized spacial score (nSPS) is 10.8. The Morgan fingerprint density at radius 2 is 2.12 bits per heavy atom. The third kappa shape index (κ3) is 4.64. The predicted octanol–water partition coefficient (Wildman–Crippen LogP) is 4.04. The molecule has 1 N–H and O–H groups in total. The molecular weight excluding hydrogens is 256 g/mol. The molecule has 5 heteroatoms. The van der Waals surface area contributed by atoms with Crippen LogP contribution in [0.15, 0.2) is 5.38 Å². The van der Waals surface area contributed by atoms with Crippen LogP contribution in [0, 0.1) is 5.92 Å². The van der Waals surface area contributed by atoms with E-state index in [1.165, 1.54) is 11.3 Å². The van der Waals surface area contributed by atoms with E-state index in [9.17, 15) is 4.79 Å². The summed E-state index contributed by atoms with van der Waals surface area (Å²) in [7, 11) is 0. The number of aromatic nitrogens is 1. The van der Waals surface area contributed by atoms with Crippen molar-refractivity contribution in [1.82, 2.24) is 4.98 Å². The van der Waals surface area contributed by atoms with Crippen molar-refractivity contribution >= 4 is 34.0 Å². The van der Waals surface area contributed by atoms with E-state index in [2.05, 4.69) is 24.1 Å². The van der Waals surface area contributed by atoms with Crippen LogP contribution in [0.5, 0.6) is 0 Å². The summed E-state index contributed by atoms with van der Waals surface area (Å²) in [5, 5.41) is 5.40. The van der Waals surface area contributed by atoms with Crippen LogP contribution in [-0.2, 0) is 10.7 Å². The Labute approximate surface area is 112 Å². The van der Waals surface area contributed by atoms with Gasteiger partial charge in [-0.15, -0.1) is 22.9 Å². The molecule has 1 rings (SSSR count). The van der Waals surface area contributed by atoms with E-state index < -0.39 is 0 Å². The first-order valence-corrected chi connectivity index (χ1v) is 7.43. The molecule has 0 aliphatic rings. The Bertz CT molecular complexity index is 348. The third-order valence-electron chi connectivity index (χ3n) is 2.56. The summed E-state index contributed by atoms with van der Waals surface area (Å²) in [6.07, 6.45) is 3.94. The van der Waals surface area contributed by atoms with Crippen molar-refractivity contribution in [2.24, 2.45) is 5.92 Å². The molecule has 0 bridgehead atoms. The maximum absolute atomic E-state index is 12.0. The molecule has 1 heterocycles. The number of anilines is 1. The topological polar surface area (TPSA) is 42.0 Å². The van der Waals surface area contributed by atoms with Crippen LogP contribution in [-0.4, -0.2) is 10.9 Å². The van der Waals surface area contributed by atoms with Gasteiger partial charge in [0.15, 0.2) is 5.13 Å². The second kappa shape index (κ2) is 7.67. The minimum Gasteiger partial charge on any atom is -0.302 e. The number of nitrogens with zero attached hydrogens (tertiary/aromatic N) is 1. The molecule has 0 unspecified atom stereocenters. The van der Waals surface area contributed by atoms with Crippen LogP contribution in [0.3, 0.4) is 0 Å². The SMILES string of the molecule is CCCC(CCC)C(=O)Nc1nc(CCl)cs1. The van der Waals surface area contributed by atoms with Crippen LogP contribution in [0.4, 0.5) is 5.13 Å². The second-order valence-electron chi connectivity index (χ2n) is 4.04. The lowest BCUT2D eigenvalue weighted by Crippen LogP contribution is -2.22. The quantitative estimate of drug-likeness (QED) is 0.763. The van der Waals surface area contributed by atoms with Crippen molar-refractivity contribution < 1.29 is 4.79 Å². The lowest BCUT2D eigenvalue weighted by molar-refractivity contribution is -0.120. The van der Waals surface area contributed by atoms with Gasteiger partial charge in [0.1, 0.15) is 0 Å². The molecule has 0 spiro atoms. The number of hydrogen-bond donors (Lipinski definition) is 1. The molecule has 0 atom stereocenters. The predicted molar refractivity (Wildman–Crippen MR) is 73.6 cm³/mol. The standard InChI is InChI=1S/C12H19ClN2OS/c1-3-5-9(6-4-2)11(16)15-12-14-10(7-13)8-17-12/h8-9H,3-7H2,1-2H3,(H,14,15,16). The molecule has 0 radical (unpaired) electrons. The molecule has 0 aliphatic carbocycles. The zero-order valence-corrected chi connectivity index (χ0v) is 11.9. The fourth-order valence-electron chi connectivity index (χ4n) is 1.74. The summed E-state index contributed by atoms with van der Waals surface area (Å²) in [6.45, 7) is 4.20. The molecule has 0 saturated heterocycles. The van der Waals surface area contributed by atoms with Crippen LogP contribution in [0.2, 0.25) is 0 Å². The summed E-state index contributed by atoms with van der Waals surface area (Å²) in [5.41, 5.74) is 0.814. The summed E-state index contributed by atoms with van der Waals surface area (Å²) in [4.78, 5) is 16.2. The molecule has 17 heavy (non-hydrogen) atoms. The van der Waals surface area contributed by atoms with Gasteiger partial charge in [0.05, 0.1) is 11.6 Å². The molecule has 0 aliphatic heterocycles. The number of thiazole rings is 1. The Hall–Kier alpha value is -0.610. The van der Waals surface area contributed by atoms with Crippen molar-refractivity contribution in [3.63, 3.8) is 0 Å². The smallest absolute Gasteiger partial charge is 0.229 e. The number of hydrogen-bond acceptors (Lipinski definition) is 3. The third-order valence-corrected chi connectivity index (χ3v) is 3.64. The van der Waals surface area contributed by atoms with E-state index in [0.717, 1.165) is 31.4 Å². The van der Waals surface area contributed by atoms with Gasteiger partial charge in [-0.05, 0) is 12.8 Å². The van der Waals surface area contributed by atoms with Crippen LogP contribution in [0.25, 0.3) is 0 Å². The average Bonchev–Trinajstić information content (AvgIpc) is 2.76. The minimum absolute atomic E-state index is 0.0872. The summed E-state index contributed by atoms with van der Waals surface area (Å²) in [5.74, 6) is 0.581. The maximum Gasteiger partial charge on any atom is 0.229 e. The molecule has 3 nitrogen and oxygen atoms in total. The van der Waals surface area contributed by atoms with Gasteiger partial charge in [-0.1, -0.05) is 26.7 Å². The van der Waals surface area contributed by atoms with E-state index in [0.29, 0.717) is 11.0 Å². The van der Waals surface area contributed by atoms with E-state index >= 15 is 0 Å². The number of carbonyl (C=O) groups excluding carboxylic acids is 1. The van der Waals surface area contributed by atoms with Gasteiger partial charge in [0.2, 0.25) is 5.91 Å². The molecule has 96 valence electrons. The summed E-state index contributed by atoms with van der Waals surface area (Å²) >= 11 is 7.10. The lowest BCUT2D eigenvalue weighted by Gasteiger charge is -2.13. The fourth-order valence-corrected chi connectivity index (χ4v) is 2.68. The highest BCUT2D eigenvalue weighted by atomic mass is 35.5. The maximum atomic E-state index is 12.0. The molecule has 0 aromatic carbocycles. The van der Waals surface area contributed by atoms with Crippen molar-refractivity contribution in [3.05, 3.63) is 11.1 Å². The number of halogens is 1. The molecule has 0 saturated carbocycles. The Balaban J connectivity index is 2.56. The van der Waals surface area contributed by atoms with Crippen LogP contribution >= 0.6 is 22.9 Å². The zero-order valence-electron chi connectivity index (χ0n) is 10.3. The average molecular weight is 275 g/mol. The van der Waals surface area contributed by atoms with Gasteiger partial charge in [-0.2, -0.15) is 0 Å². The molecule has 1 aromatic heterocycles. The Morgan fingerprint density at radius 3 is 2.59 bits per heavy atom. The van der Waals surface area contributed by atoms with Crippen LogP contribution < -0.4 is 5.32 Å². The van der Waals surface area contributed by atoms with Gasteiger partial charge < -0.3 is 5.32 Å². The van der Waals surface area contributed by atoms with Crippen molar-refractivity contribution in [3.8, 4) is 0 Å². The Morgan fingerprint density at radius 1 is 1.47 bits per heavy atom. The molecule has 1 amide bonds. The largest absolute Gasteiger partial charge is 0.302 e. The highest BCUT2D eigenvalue weighted by molar-refractivity contribution is 7.13. The monoisotopic (exact) mass is 274 g/mol. The summed E-state index contributed by atoms with van der Waals surface area (Å²) in [6, 6.07) is 0. The van der Waals surface area contributed by atoms with Crippen molar-refractivity contribution in [1.29, 1.82) is 0 Å². The van der Waals surface area contributed by atoms with Gasteiger partial charge in [-0.3, -0.25) is 4.79 Å². The number of nitrogens with one attached hydrogen (secondary N) is 1. The highest BCUT2D eigenvalue weighted by Crippen LogP contribution is 2.20. The molecular formula is C12H19ClN2OS. The first-order chi connectivity index (χ1) is 8.21. The van der Waals surface area contributed by atoms with Gasteiger partial charge in [-0.25, -0.2) is 4.98 Å². The number of alkyl halides is 1. The number of amides is 1. The van der Waals surface area contributed by atoms with E-state index in [1.807, 2.05) is 5.38 Å². The molecule has 0 fully saturated rings. The lowest BCUT2D eigenvalue weighted by atomic mass is 9.97. The zero-order chi connectivity index (χ0) is 12.7. The second-order valence-corrected chi connectivity index (χ2v) is 5.17. The minimum atomic E-state index is 0.0872. The Kier molecular flexibility index (Phi) is 6.52. The van der Waals surface area contributed by atoms with E-state index in [4.69, 9.17) is 11.6 Å². The fraction of sp³-hybridized carbons (Fsp3) is 0.667. The van der Waals surface area contributed by atoms with Crippen LogP contribution in [0.1, 0.15) is 45.2 Å². The number of rotatable bonds is 7. The highest BCUT2D eigenvalue weighted by Gasteiger charge is 2.17. The first kappa shape index (κ1) is 14.5. The first-order valence-electron chi connectivity index (χ1n) is 6.02. The van der Waals surface area contributed by atoms with Gasteiger partial charge >= 0.3 is 0 Å².